The third kappa shape index (κ3) is 4.00. The number of para-hydroxylation sites is 2. The quantitative estimate of drug-likeness (QED) is 0.347. The van der Waals surface area contributed by atoms with Gasteiger partial charge in [0.15, 0.2) is 0 Å². The Morgan fingerprint density at radius 2 is 1.66 bits per heavy atom. The average molecular weight is 498 g/mol. The van der Waals surface area contributed by atoms with E-state index in [1.165, 1.54) is 10.4 Å². The summed E-state index contributed by atoms with van der Waals surface area (Å²) in [4.78, 5) is 37.8. The number of benzene rings is 2. The van der Waals surface area contributed by atoms with Crippen LogP contribution in [0.1, 0.15) is 27.3 Å². The van der Waals surface area contributed by atoms with Gasteiger partial charge in [0.05, 0.1) is 10.6 Å². The molecule has 2 aromatic heterocycles. The molecule has 2 amide bonds. The predicted octanol–water partition coefficient (Wildman–Crippen LogP) is 5.85. The van der Waals surface area contributed by atoms with Crippen molar-refractivity contribution < 1.29 is 9.59 Å². The number of nitrogens with zero attached hydrogens (tertiary/aromatic N) is 3. The Bertz CT molecular complexity index is 1370. The van der Waals surface area contributed by atoms with E-state index >= 15 is 0 Å². The number of thiophene rings is 2. The summed E-state index contributed by atoms with van der Waals surface area (Å²) in [7, 11) is 0. The first-order chi connectivity index (χ1) is 17.2. The van der Waals surface area contributed by atoms with E-state index < -0.39 is 0 Å². The molecule has 174 valence electrons. The molecule has 7 heteroatoms. The minimum Gasteiger partial charge on any atom is -0.292 e. The normalized spacial score (nSPS) is 14.8. The maximum Gasteiger partial charge on any atom is 0.251 e. The summed E-state index contributed by atoms with van der Waals surface area (Å²) in [5.74, 6) is -0.304. The smallest absolute Gasteiger partial charge is 0.251 e. The van der Waals surface area contributed by atoms with Crippen LogP contribution in [-0.2, 0) is 22.4 Å². The first kappa shape index (κ1) is 21.9. The van der Waals surface area contributed by atoms with Crippen molar-refractivity contribution in [1.29, 1.82) is 0 Å². The Hall–Kier alpha value is -3.55. The number of aliphatic imine (C=N–C) groups is 1. The molecule has 2 aliphatic rings. The maximum absolute atomic E-state index is 13.9. The monoisotopic (exact) mass is 497 g/mol. The van der Waals surface area contributed by atoms with Crippen LogP contribution in [-0.4, -0.2) is 30.6 Å². The minimum atomic E-state index is -0.158. The van der Waals surface area contributed by atoms with Gasteiger partial charge in [-0.2, -0.15) is 0 Å². The topological polar surface area (TPSA) is 53.0 Å². The highest BCUT2D eigenvalue weighted by atomic mass is 32.1. The van der Waals surface area contributed by atoms with Crippen molar-refractivity contribution in [2.45, 2.75) is 19.3 Å². The summed E-state index contributed by atoms with van der Waals surface area (Å²) in [5.41, 5.74) is 4.79. The lowest BCUT2D eigenvalue weighted by molar-refractivity contribution is -0.121. The SMILES string of the molecule is O=C1CN=C(c2cccs2)c2c(sc3c2CCC3)N1CC(=O)N(c1ccccc1)c1ccccc1. The predicted molar refractivity (Wildman–Crippen MR) is 144 cm³/mol. The van der Waals surface area contributed by atoms with Crippen LogP contribution in [0.25, 0.3) is 0 Å². The van der Waals surface area contributed by atoms with Gasteiger partial charge in [-0.25, -0.2) is 0 Å². The molecule has 0 N–H and O–H groups in total. The summed E-state index contributed by atoms with van der Waals surface area (Å²) >= 11 is 3.29. The van der Waals surface area contributed by atoms with E-state index in [4.69, 9.17) is 4.99 Å². The molecule has 2 aromatic carbocycles. The summed E-state index contributed by atoms with van der Waals surface area (Å²) in [6.45, 7) is -0.00435. The lowest BCUT2D eigenvalue weighted by atomic mass is 10.0. The molecular formula is C28H23N3O2S2. The van der Waals surface area contributed by atoms with E-state index in [2.05, 4.69) is 6.07 Å². The lowest BCUT2D eigenvalue weighted by Gasteiger charge is -2.27. The van der Waals surface area contributed by atoms with E-state index in [0.717, 1.165) is 51.8 Å². The van der Waals surface area contributed by atoms with Crippen LogP contribution >= 0.6 is 22.7 Å². The molecule has 1 aliphatic carbocycles. The second kappa shape index (κ2) is 9.24. The van der Waals surface area contributed by atoms with Gasteiger partial charge in [-0.05, 0) is 60.5 Å². The van der Waals surface area contributed by atoms with Gasteiger partial charge in [0.2, 0.25) is 5.91 Å². The molecular weight excluding hydrogens is 474 g/mol. The van der Waals surface area contributed by atoms with Crippen LogP contribution in [0.3, 0.4) is 0 Å². The Balaban J connectivity index is 1.41. The van der Waals surface area contributed by atoms with Gasteiger partial charge in [-0.15, -0.1) is 22.7 Å². The Morgan fingerprint density at radius 1 is 0.943 bits per heavy atom. The second-order valence-electron chi connectivity index (χ2n) is 8.56. The molecule has 0 saturated heterocycles. The van der Waals surface area contributed by atoms with Gasteiger partial charge in [0.1, 0.15) is 18.1 Å². The van der Waals surface area contributed by atoms with Crippen LogP contribution in [0.4, 0.5) is 16.4 Å². The summed E-state index contributed by atoms with van der Waals surface area (Å²) in [5, 5.41) is 2.90. The summed E-state index contributed by atoms with van der Waals surface area (Å²) in [6.07, 6.45) is 3.12. The second-order valence-corrected chi connectivity index (χ2v) is 10.6. The largest absolute Gasteiger partial charge is 0.292 e. The van der Waals surface area contributed by atoms with Crippen molar-refractivity contribution >= 4 is 56.6 Å². The minimum absolute atomic E-state index is 0.0351. The number of amides is 2. The van der Waals surface area contributed by atoms with Gasteiger partial charge in [-0.3, -0.25) is 24.4 Å². The first-order valence-corrected chi connectivity index (χ1v) is 13.4. The molecule has 0 bridgehead atoms. The van der Waals surface area contributed by atoms with Gasteiger partial charge >= 0.3 is 0 Å². The van der Waals surface area contributed by atoms with Crippen molar-refractivity contribution in [3.8, 4) is 0 Å². The number of hydrogen-bond acceptors (Lipinski definition) is 5. The van der Waals surface area contributed by atoms with Crippen molar-refractivity contribution in [1.82, 2.24) is 0 Å². The molecule has 5 nitrogen and oxygen atoms in total. The molecule has 0 radical (unpaired) electrons. The fourth-order valence-corrected chi connectivity index (χ4v) is 6.96. The van der Waals surface area contributed by atoms with E-state index in [9.17, 15) is 9.59 Å². The molecule has 6 rings (SSSR count). The Kier molecular flexibility index (Phi) is 5.80. The number of anilines is 3. The van der Waals surface area contributed by atoms with Crippen LogP contribution in [0.2, 0.25) is 0 Å². The zero-order valence-corrected chi connectivity index (χ0v) is 20.6. The number of aryl methyl sites for hydroxylation is 1. The number of fused-ring (bicyclic) bond motifs is 3. The molecule has 0 fully saturated rings. The Morgan fingerprint density at radius 3 is 2.31 bits per heavy atom. The third-order valence-corrected chi connectivity index (χ3v) is 8.58. The van der Waals surface area contributed by atoms with Crippen LogP contribution < -0.4 is 9.80 Å². The van der Waals surface area contributed by atoms with Crippen LogP contribution in [0.5, 0.6) is 0 Å². The van der Waals surface area contributed by atoms with Crippen molar-refractivity contribution in [2.75, 3.05) is 22.9 Å². The molecule has 3 heterocycles. The zero-order chi connectivity index (χ0) is 23.8. The lowest BCUT2D eigenvalue weighted by Crippen LogP contribution is -2.42. The van der Waals surface area contributed by atoms with E-state index in [1.54, 1.807) is 32.5 Å². The van der Waals surface area contributed by atoms with Crippen molar-refractivity contribution in [3.63, 3.8) is 0 Å². The molecule has 0 unspecified atom stereocenters. The molecule has 0 atom stereocenters. The fourth-order valence-electron chi connectivity index (χ4n) is 4.82. The average Bonchev–Trinajstić information content (AvgIpc) is 3.62. The summed E-state index contributed by atoms with van der Waals surface area (Å²) in [6, 6.07) is 23.3. The summed E-state index contributed by atoms with van der Waals surface area (Å²) < 4.78 is 0. The van der Waals surface area contributed by atoms with Gasteiger partial charge in [-0.1, -0.05) is 42.5 Å². The maximum atomic E-state index is 13.9. The van der Waals surface area contributed by atoms with Gasteiger partial charge in [0.25, 0.3) is 5.91 Å². The van der Waals surface area contributed by atoms with Crippen molar-refractivity contribution in [2.24, 2.45) is 4.99 Å². The van der Waals surface area contributed by atoms with Crippen molar-refractivity contribution in [3.05, 3.63) is 99.1 Å². The number of rotatable bonds is 5. The van der Waals surface area contributed by atoms with E-state index in [0.29, 0.717) is 0 Å². The highest BCUT2D eigenvalue weighted by Gasteiger charge is 2.35. The third-order valence-electron chi connectivity index (χ3n) is 6.38. The standard InChI is InChI=1S/C28H23N3O2S2/c32-24-17-29-27(23-15-8-16-34-23)26-21-13-7-14-22(21)35-28(26)30(24)18-25(33)31(19-9-3-1-4-10-19)20-11-5-2-6-12-20/h1-6,8-12,15-16H,7,13-14,17-18H2. The van der Waals surface area contributed by atoms with Crippen LogP contribution in [0, 0.1) is 0 Å². The molecule has 0 saturated carbocycles. The van der Waals surface area contributed by atoms with Gasteiger partial charge in [0, 0.05) is 21.8 Å². The molecule has 0 spiro atoms. The number of hydrogen-bond donors (Lipinski definition) is 0. The van der Waals surface area contributed by atoms with E-state index in [1.807, 2.05) is 72.1 Å². The van der Waals surface area contributed by atoms with E-state index in [-0.39, 0.29) is 24.9 Å². The van der Waals surface area contributed by atoms with Gasteiger partial charge < -0.3 is 0 Å². The first-order valence-electron chi connectivity index (χ1n) is 11.7. The highest BCUT2D eigenvalue weighted by Crippen LogP contribution is 2.44. The molecule has 1 aliphatic heterocycles. The highest BCUT2D eigenvalue weighted by molar-refractivity contribution is 7.17. The van der Waals surface area contributed by atoms with Crippen LogP contribution in [0.15, 0.2) is 83.2 Å². The molecule has 35 heavy (non-hydrogen) atoms. The fraction of sp³-hybridized carbons (Fsp3) is 0.179. The number of carbonyl (C=O) groups is 2. The zero-order valence-electron chi connectivity index (χ0n) is 19.0. The number of carbonyl (C=O) groups excluding carboxylic acids is 2. The Labute approximate surface area is 212 Å². The molecule has 4 aromatic rings.